The van der Waals surface area contributed by atoms with Crippen LogP contribution in [0, 0.1) is 0 Å². The zero-order valence-electron chi connectivity index (χ0n) is 11.2. The molecule has 3 rings (SSSR count). The maximum absolute atomic E-state index is 10.5. The molecule has 0 aromatic heterocycles. The Bertz CT molecular complexity index is 645. The third kappa shape index (κ3) is 2.46. The first kappa shape index (κ1) is 13.6. The van der Waals surface area contributed by atoms with E-state index < -0.39 is 6.10 Å². The molecule has 0 spiro atoms. The Morgan fingerprint density at radius 2 is 1.75 bits per heavy atom. The van der Waals surface area contributed by atoms with Gasteiger partial charge >= 0.3 is 0 Å². The molecule has 0 radical (unpaired) electrons. The fourth-order valence-electron chi connectivity index (χ4n) is 2.88. The van der Waals surface area contributed by atoms with Gasteiger partial charge in [0, 0.05) is 11.8 Å². The third-order valence-electron chi connectivity index (χ3n) is 3.79. The fraction of sp³-hybridized carbons (Fsp3) is 0.222. The summed E-state index contributed by atoms with van der Waals surface area (Å²) < 4.78 is 0. The molecular formula is C18H17BrO. The van der Waals surface area contributed by atoms with E-state index >= 15 is 0 Å². The van der Waals surface area contributed by atoms with Gasteiger partial charge in [-0.15, -0.1) is 0 Å². The predicted molar refractivity (Wildman–Crippen MR) is 87.0 cm³/mol. The van der Waals surface area contributed by atoms with E-state index in [9.17, 15) is 5.11 Å². The van der Waals surface area contributed by atoms with Gasteiger partial charge in [-0.3, -0.25) is 0 Å². The number of hydrogen-bond donors (Lipinski definition) is 1. The van der Waals surface area contributed by atoms with Crippen molar-refractivity contribution in [3.8, 4) is 0 Å². The van der Waals surface area contributed by atoms with Crippen LogP contribution in [0.25, 0.3) is 5.57 Å². The van der Waals surface area contributed by atoms with E-state index in [4.69, 9.17) is 0 Å². The number of aliphatic hydroxyl groups excluding tert-OH is 1. The zero-order chi connectivity index (χ0) is 13.9. The second-order valence-corrected chi connectivity index (χ2v) is 5.85. The molecule has 1 aliphatic carbocycles. The van der Waals surface area contributed by atoms with Crippen LogP contribution < -0.4 is 0 Å². The number of rotatable bonds is 2. The second kappa shape index (κ2) is 5.94. The lowest BCUT2D eigenvalue weighted by Gasteiger charge is -2.12. The Balaban J connectivity index is 2.24. The minimum atomic E-state index is -0.428. The molecule has 0 aliphatic heterocycles. The van der Waals surface area contributed by atoms with Crippen LogP contribution in [0.5, 0.6) is 0 Å². The SMILES string of the molecule is O[C@@H]1Cc2ccccc2/C(=C/CCBr)c2ccccc21. The van der Waals surface area contributed by atoms with Gasteiger partial charge in [0.1, 0.15) is 0 Å². The topological polar surface area (TPSA) is 20.2 Å². The van der Waals surface area contributed by atoms with Crippen molar-refractivity contribution in [1.29, 1.82) is 0 Å². The number of aliphatic hydroxyl groups is 1. The minimum Gasteiger partial charge on any atom is -0.388 e. The van der Waals surface area contributed by atoms with Crippen LogP contribution in [0.3, 0.4) is 0 Å². The normalized spacial score (nSPS) is 19.3. The first-order chi connectivity index (χ1) is 9.81. The van der Waals surface area contributed by atoms with E-state index in [0.29, 0.717) is 6.42 Å². The Morgan fingerprint density at radius 1 is 1.05 bits per heavy atom. The second-order valence-electron chi connectivity index (χ2n) is 5.06. The molecule has 2 heteroatoms. The molecule has 1 nitrogen and oxygen atoms in total. The maximum Gasteiger partial charge on any atom is 0.0836 e. The number of allylic oxidation sites excluding steroid dienone is 1. The molecule has 1 N–H and O–H groups in total. The molecule has 0 fully saturated rings. The lowest BCUT2D eigenvalue weighted by atomic mass is 9.93. The van der Waals surface area contributed by atoms with Gasteiger partial charge in [-0.1, -0.05) is 70.5 Å². The number of halogens is 1. The summed E-state index contributed by atoms with van der Waals surface area (Å²) in [7, 11) is 0. The van der Waals surface area contributed by atoms with Gasteiger partial charge < -0.3 is 5.11 Å². The number of hydrogen-bond acceptors (Lipinski definition) is 1. The van der Waals surface area contributed by atoms with Crippen LogP contribution in [0.2, 0.25) is 0 Å². The summed E-state index contributed by atoms with van der Waals surface area (Å²) in [6, 6.07) is 16.6. The highest BCUT2D eigenvalue weighted by Gasteiger charge is 2.22. The Labute approximate surface area is 128 Å². The molecule has 0 unspecified atom stereocenters. The molecule has 1 atom stereocenters. The molecule has 0 saturated heterocycles. The summed E-state index contributed by atoms with van der Waals surface area (Å²) in [5.41, 5.74) is 5.90. The summed E-state index contributed by atoms with van der Waals surface area (Å²) in [5.74, 6) is 0. The summed E-state index contributed by atoms with van der Waals surface area (Å²) in [5, 5.41) is 11.4. The van der Waals surface area contributed by atoms with Gasteiger partial charge in [-0.05, 0) is 34.2 Å². The summed E-state index contributed by atoms with van der Waals surface area (Å²) in [4.78, 5) is 0. The Hall–Kier alpha value is -1.38. The minimum absolute atomic E-state index is 0.428. The average molecular weight is 329 g/mol. The highest BCUT2D eigenvalue weighted by molar-refractivity contribution is 9.09. The third-order valence-corrected chi connectivity index (χ3v) is 4.25. The van der Waals surface area contributed by atoms with Gasteiger partial charge in [0.15, 0.2) is 0 Å². The van der Waals surface area contributed by atoms with Crippen LogP contribution in [0.4, 0.5) is 0 Å². The quantitative estimate of drug-likeness (QED) is 0.805. The van der Waals surface area contributed by atoms with Crippen molar-refractivity contribution in [3.63, 3.8) is 0 Å². The Morgan fingerprint density at radius 3 is 2.55 bits per heavy atom. The molecule has 1 aliphatic rings. The first-order valence-electron chi connectivity index (χ1n) is 6.93. The highest BCUT2D eigenvalue weighted by Crippen LogP contribution is 2.37. The van der Waals surface area contributed by atoms with Crippen LogP contribution in [0.15, 0.2) is 54.6 Å². The van der Waals surface area contributed by atoms with Gasteiger partial charge in [0.2, 0.25) is 0 Å². The van der Waals surface area contributed by atoms with Gasteiger partial charge in [-0.2, -0.15) is 0 Å². The number of alkyl halides is 1. The van der Waals surface area contributed by atoms with E-state index in [1.54, 1.807) is 0 Å². The predicted octanol–water partition coefficient (Wildman–Crippen LogP) is 4.49. The van der Waals surface area contributed by atoms with E-state index in [-0.39, 0.29) is 0 Å². The van der Waals surface area contributed by atoms with E-state index in [2.05, 4.69) is 46.3 Å². The van der Waals surface area contributed by atoms with Gasteiger partial charge in [-0.25, -0.2) is 0 Å². The van der Waals surface area contributed by atoms with Crippen molar-refractivity contribution in [2.45, 2.75) is 18.9 Å². The summed E-state index contributed by atoms with van der Waals surface area (Å²) in [6.07, 6.45) is 3.50. The van der Waals surface area contributed by atoms with Gasteiger partial charge in [0.05, 0.1) is 6.10 Å². The highest BCUT2D eigenvalue weighted by atomic mass is 79.9. The van der Waals surface area contributed by atoms with Gasteiger partial charge in [0.25, 0.3) is 0 Å². The van der Waals surface area contributed by atoms with Crippen molar-refractivity contribution in [3.05, 3.63) is 76.9 Å². The molecule has 0 bridgehead atoms. The molecule has 2 aromatic rings. The first-order valence-corrected chi connectivity index (χ1v) is 8.05. The van der Waals surface area contributed by atoms with E-state index in [1.165, 1.54) is 16.7 Å². The van der Waals surface area contributed by atoms with Crippen LogP contribution >= 0.6 is 15.9 Å². The van der Waals surface area contributed by atoms with Crippen molar-refractivity contribution < 1.29 is 5.11 Å². The lowest BCUT2D eigenvalue weighted by molar-refractivity contribution is 0.179. The van der Waals surface area contributed by atoms with E-state index in [0.717, 1.165) is 22.9 Å². The van der Waals surface area contributed by atoms with Crippen molar-refractivity contribution in [1.82, 2.24) is 0 Å². The van der Waals surface area contributed by atoms with E-state index in [1.807, 2.05) is 24.3 Å². The fourth-order valence-corrected chi connectivity index (χ4v) is 3.10. The molecular weight excluding hydrogens is 312 g/mol. The molecule has 0 saturated carbocycles. The molecule has 0 amide bonds. The number of fused-ring (bicyclic) bond motifs is 2. The lowest BCUT2D eigenvalue weighted by Crippen LogP contribution is -2.01. The summed E-state index contributed by atoms with van der Waals surface area (Å²) >= 11 is 3.49. The monoisotopic (exact) mass is 328 g/mol. The standard InChI is InChI=1S/C18H17BrO/c19-11-5-10-15-14-7-2-1-6-13(14)12-18(20)17-9-4-3-8-16(15)17/h1-4,6-10,18,20H,5,11-12H2/b15-10-/t18-/m1/s1. The average Bonchev–Trinajstić information content (AvgIpc) is 2.60. The van der Waals surface area contributed by atoms with Crippen molar-refractivity contribution in [2.24, 2.45) is 0 Å². The molecule has 102 valence electrons. The number of benzene rings is 2. The maximum atomic E-state index is 10.5. The van der Waals surface area contributed by atoms with Crippen LogP contribution in [-0.4, -0.2) is 10.4 Å². The molecule has 20 heavy (non-hydrogen) atoms. The Kier molecular flexibility index (Phi) is 4.04. The van der Waals surface area contributed by atoms with Crippen molar-refractivity contribution >= 4 is 21.5 Å². The van der Waals surface area contributed by atoms with Crippen LogP contribution in [-0.2, 0) is 6.42 Å². The van der Waals surface area contributed by atoms with Crippen LogP contribution in [0.1, 0.15) is 34.8 Å². The smallest absolute Gasteiger partial charge is 0.0836 e. The van der Waals surface area contributed by atoms with Crippen molar-refractivity contribution in [2.75, 3.05) is 5.33 Å². The molecule has 0 heterocycles. The summed E-state index contributed by atoms with van der Waals surface area (Å²) in [6.45, 7) is 0. The largest absolute Gasteiger partial charge is 0.388 e. The molecule has 2 aromatic carbocycles. The zero-order valence-corrected chi connectivity index (χ0v) is 12.8.